The normalized spacial score (nSPS) is 11.3. The summed E-state index contributed by atoms with van der Waals surface area (Å²) in [6.07, 6.45) is 0. The highest BCUT2D eigenvalue weighted by molar-refractivity contribution is 7.09. The molecule has 0 atom stereocenters. The summed E-state index contributed by atoms with van der Waals surface area (Å²) >= 11 is 1.58. The van der Waals surface area contributed by atoms with Gasteiger partial charge < -0.3 is 9.64 Å². The Morgan fingerprint density at radius 1 is 1.19 bits per heavy atom. The van der Waals surface area contributed by atoms with Crippen LogP contribution in [0.25, 0.3) is 0 Å². The highest BCUT2D eigenvalue weighted by Crippen LogP contribution is 2.25. The molecule has 1 heterocycles. The molecule has 4 nitrogen and oxygen atoms in total. The van der Waals surface area contributed by atoms with Crippen molar-refractivity contribution in [2.24, 2.45) is 5.92 Å². The lowest BCUT2D eigenvalue weighted by molar-refractivity contribution is -0.136. The highest BCUT2D eigenvalue weighted by atomic mass is 32.1. The van der Waals surface area contributed by atoms with Crippen molar-refractivity contribution in [2.45, 2.75) is 67.7 Å². The van der Waals surface area contributed by atoms with Crippen molar-refractivity contribution in [3.05, 3.63) is 44.9 Å². The quantitative estimate of drug-likeness (QED) is 0.682. The Kier molecular flexibility index (Phi) is 6.81. The predicted molar refractivity (Wildman–Crippen MR) is 108 cm³/mol. The second kappa shape index (κ2) is 8.67. The number of hydrogen-bond acceptors (Lipinski definition) is 4. The zero-order chi connectivity index (χ0) is 19.4. The Labute approximate surface area is 161 Å². The van der Waals surface area contributed by atoms with Crippen LogP contribution in [0.5, 0.6) is 5.75 Å². The molecule has 2 rings (SSSR count). The number of amides is 1. The maximum Gasteiger partial charge on any atom is 0.225 e. The summed E-state index contributed by atoms with van der Waals surface area (Å²) in [6.45, 7) is 15.2. The van der Waals surface area contributed by atoms with Gasteiger partial charge in [-0.25, -0.2) is 4.98 Å². The van der Waals surface area contributed by atoms with E-state index in [4.69, 9.17) is 4.74 Å². The van der Waals surface area contributed by atoms with Crippen molar-refractivity contribution in [2.75, 3.05) is 0 Å². The highest BCUT2D eigenvalue weighted by Gasteiger charge is 2.21. The summed E-state index contributed by atoms with van der Waals surface area (Å²) < 4.78 is 6.00. The third kappa shape index (κ3) is 5.07. The van der Waals surface area contributed by atoms with E-state index in [1.54, 1.807) is 11.3 Å². The number of aromatic nitrogens is 1. The summed E-state index contributed by atoms with van der Waals surface area (Å²) in [5.74, 6) is 1.07. The Morgan fingerprint density at radius 2 is 1.88 bits per heavy atom. The van der Waals surface area contributed by atoms with Crippen molar-refractivity contribution in [3.8, 4) is 5.75 Å². The van der Waals surface area contributed by atoms with E-state index in [1.165, 1.54) is 16.7 Å². The van der Waals surface area contributed by atoms with Gasteiger partial charge in [0.15, 0.2) is 0 Å². The number of nitrogens with zero attached hydrogens (tertiary/aromatic N) is 2. The molecule has 1 aromatic carbocycles. The molecule has 0 spiro atoms. The van der Waals surface area contributed by atoms with Crippen LogP contribution in [0.1, 0.15) is 55.1 Å². The first-order chi connectivity index (χ1) is 12.2. The molecule has 26 heavy (non-hydrogen) atoms. The molecule has 2 aromatic rings. The van der Waals surface area contributed by atoms with Crippen LogP contribution in [-0.2, 0) is 17.9 Å². The van der Waals surface area contributed by atoms with Gasteiger partial charge in [0.2, 0.25) is 5.91 Å². The molecule has 0 aliphatic carbocycles. The maximum absolute atomic E-state index is 12.4. The summed E-state index contributed by atoms with van der Waals surface area (Å²) in [4.78, 5) is 18.9. The monoisotopic (exact) mass is 374 g/mol. The lowest BCUT2D eigenvalue weighted by Crippen LogP contribution is -2.39. The van der Waals surface area contributed by atoms with Gasteiger partial charge >= 0.3 is 0 Å². The van der Waals surface area contributed by atoms with Gasteiger partial charge in [-0.2, -0.15) is 0 Å². The Bertz CT molecular complexity index is 765. The van der Waals surface area contributed by atoms with Crippen LogP contribution in [0.2, 0.25) is 0 Å². The summed E-state index contributed by atoms with van der Waals surface area (Å²) in [5, 5.41) is 2.95. The fourth-order valence-electron chi connectivity index (χ4n) is 2.80. The van der Waals surface area contributed by atoms with Gasteiger partial charge in [0.25, 0.3) is 0 Å². The number of rotatable bonds is 7. The Balaban J connectivity index is 2.05. The lowest BCUT2D eigenvalue weighted by atomic mass is 10.1. The van der Waals surface area contributed by atoms with Gasteiger partial charge in [-0.1, -0.05) is 19.9 Å². The SMILES string of the molecule is Cc1cc(C)c(C)c(OCc2nc(CN(C(=O)C(C)C)C(C)C)cs2)c1. The molecule has 0 aliphatic rings. The standard InChI is InChI=1S/C21H30N2O2S/c1-13(2)21(24)23(14(3)4)10-18-12-26-20(22-18)11-25-19-9-15(5)8-16(6)17(19)7/h8-9,12-14H,10-11H2,1-7H3. The zero-order valence-corrected chi connectivity index (χ0v) is 17.7. The maximum atomic E-state index is 12.4. The van der Waals surface area contributed by atoms with E-state index in [1.807, 2.05) is 38.0 Å². The van der Waals surface area contributed by atoms with Crippen LogP contribution in [-0.4, -0.2) is 21.8 Å². The van der Waals surface area contributed by atoms with Crippen LogP contribution in [0, 0.1) is 26.7 Å². The zero-order valence-electron chi connectivity index (χ0n) is 16.9. The van der Waals surface area contributed by atoms with Crippen molar-refractivity contribution in [1.82, 2.24) is 9.88 Å². The van der Waals surface area contributed by atoms with E-state index in [-0.39, 0.29) is 17.9 Å². The number of thiazole rings is 1. The van der Waals surface area contributed by atoms with E-state index in [0.29, 0.717) is 13.2 Å². The van der Waals surface area contributed by atoms with E-state index in [0.717, 1.165) is 16.5 Å². The molecular formula is C21H30N2O2S. The molecule has 5 heteroatoms. The second-order valence-electron chi connectivity index (χ2n) is 7.44. The minimum atomic E-state index is -0.00799. The number of hydrogen-bond donors (Lipinski definition) is 0. The molecule has 0 unspecified atom stereocenters. The number of benzene rings is 1. The average molecular weight is 375 g/mol. The molecule has 0 radical (unpaired) electrons. The summed E-state index contributed by atoms with van der Waals surface area (Å²) in [5.41, 5.74) is 4.52. The van der Waals surface area contributed by atoms with Gasteiger partial charge in [0.1, 0.15) is 17.4 Å². The first kappa shape index (κ1) is 20.4. The smallest absolute Gasteiger partial charge is 0.225 e. The number of carbonyl (C=O) groups excluding carboxylic acids is 1. The van der Waals surface area contributed by atoms with Crippen molar-refractivity contribution < 1.29 is 9.53 Å². The van der Waals surface area contributed by atoms with Crippen molar-refractivity contribution in [1.29, 1.82) is 0 Å². The Morgan fingerprint density at radius 3 is 2.50 bits per heavy atom. The third-order valence-electron chi connectivity index (χ3n) is 4.45. The molecular weight excluding hydrogens is 344 g/mol. The fraction of sp³-hybridized carbons (Fsp3) is 0.524. The molecule has 0 N–H and O–H groups in total. The molecule has 142 valence electrons. The topological polar surface area (TPSA) is 42.4 Å². The average Bonchev–Trinajstić information content (AvgIpc) is 3.01. The van der Waals surface area contributed by atoms with Crippen LogP contribution in [0.3, 0.4) is 0 Å². The minimum absolute atomic E-state index is 0.00799. The van der Waals surface area contributed by atoms with Crippen LogP contribution >= 0.6 is 11.3 Å². The van der Waals surface area contributed by atoms with Crippen LogP contribution in [0.15, 0.2) is 17.5 Å². The van der Waals surface area contributed by atoms with Gasteiger partial charge in [0.05, 0.1) is 12.2 Å². The van der Waals surface area contributed by atoms with Gasteiger partial charge in [-0.3, -0.25) is 4.79 Å². The van der Waals surface area contributed by atoms with Crippen LogP contribution < -0.4 is 4.74 Å². The lowest BCUT2D eigenvalue weighted by Gasteiger charge is -2.27. The van der Waals surface area contributed by atoms with E-state index in [2.05, 4.69) is 37.9 Å². The minimum Gasteiger partial charge on any atom is -0.486 e. The number of ether oxygens (including phenoxy) is 1. The van der Waals surface area contributed by atoms with E-state index < -0.39 is 0 Å². The summed E-state index contributed by atoms with van der Waals surface area (Å²) in [6, 6.07) is 4.39. The number of aryl methyl sites for hydroxylation is 2. The second-order valence-corrected chi connectivity index (χ2v) is 8.38. The molecule has 0 saturated heterocycles. The molecule has 0 fully saturated rings. The van der Waals surface area contributed by atoms with E-state index in [9.17, 15) is 4.79 Å². The molecule has 0 aliphatic heterocycles. The van der Waals surface area contributed by atoms with Crippen molar-refractivity contribution >= 4 is 17.2 Å². The van der Waals surface area contributed by atoms with Crippen molar-refractivity contribution in [3.63, 3.8) is 0 Å². The fourth-order valence-corrected chi connectivity index (χ4v) is 3.50. The van der Waals surface area contributed by atoms with Crippen LogP contribution in [0.4, 0.5) is 0 Å². The van der Waals surface area contributed by atoms with E-state index >= 15 is 0 Å². The number of carbonyl (C=O) groups is 1. The molecule has 1 aromatic heterocycles. The van der Waals surface area contributed by atoms with Gasteiger partial charge in [0, 0.05) is 17.3 Å². The first-order valence-electron chi connectivity index (χ1n) is 9.13. The molecule has 1 amide bonds. The Hall–Kier alpha value is -1.88. The third-order valence-corrected chi connectivity index (χ3v) is 5.32. The largest absolute Gasteiger partial charge is 0.486 e. The molecule has 0 bridgehead atoms. The van der Waals surface area contributed by atoms with Gasteiger partial charge in [-0.05, 0) is 57.4 Å². The van der Waals surface area contributed by atoms with Gasteiger partial charge in [-0.15, -0.1) is 11.3 Å². The molecule has 0 saturated carbocycles. The summed E-state index contributed by atoms with van der Waals surface area (Å²) in [7, 11) is 0. The predicted octanol–water partition coefficient (Wildman–Crippen LogP) is 5.04. The first-order valence-corrected chi connectivity index (χ1v) is 10.0.